The molecule has 0 aliphatic carbocycles. The van der Waals surface area contributed by atoms with Gasteiger partial charge < -0.3 is 5.32 Å². The summed E-state index contributed by atoms with van der Waals surface area (Å²) in [6.45, 7) is 2.00. The van der Waals surface area contributed by atoms with Gasteiger partial charge in [0.15, 0.2) is 5.78 Å². The lowest BCUT2D eigenvalue weighted by atomic mass is 10.2. The molecule has 0 spiro atoms. The van der Waals surface area contributed by atoms with Gasteiger partial charge in [0, 0.05) is 13.1 Å². The van der Waals surface area contributed by atoms with Crippen molar-refractivity contribution in [1.29, 1.82) is 0 Å². The van der Waals surface area contributed by atoms with E-state index in [1.54, 1.807) is 6.07 Å². The molecule has 0 saturated carbocycles. The summed E-state index contributed by atoms with van der Waals surface area (Å²) < 4.78 is 0.951. The zero-order valence-electron chi connectivity index (χ0n) is 8.53. The number of hydrogen-bond donors (Lipinski definition) is 1. The van der Waals surface area contributed by atoms with E-state index in [1.165, 1.54) is 11.3 Å². The van der Waals surface area contributed by atoms with E-state index < -0.39 is 0 Å². The SMILES string of the molecule is O=C1CN(CC(=O)c2ccc(Br)s2)CCN1. The van der Waals surface area contributed by atoms with Crippen molar-refractivity contribution in [1.82, 2.24) is 10.2 Å². The van der Waals surface area contributed by atoms with E-state index in [1.807, 2.05) is 11.0 Å². The van der Waals surface area contributed by atoms with Gasteiger partial charge in [-0.15, -0.1) is 11.3 Å². The topological polar surface area (TPSA) is 49.4 Å². The van der Waals surface area contributed by atoms with Crippen LogP contribution in [0, 0.1) is 0 Å². The van der Waals surface area contributed by atoms with Crippen LogP contribution in [0.4, 0.5) is 0 Å². The van der Waals surface area contributed by atoms with Gasteiger partial charge in [0.1, 0.15) is 0 Å². The number of carbonyl (C=O) groups is 2. The van der Waals surface area contributed by atoms with Crippen LogP contribution in [0.2, 0.25) is 0 Å². The summed E-state index contributed by atoms with van der Waals surface area (Å²) in [5.41, 5.74) is 0. The number of rotatable bonds is 3. The quantitative estimate of drug-likeness (QED) is 0.852. The second-order valence-electron chi connectivity index (χ2n) is 3.59. The molecule has 2 heterocycles. The highest BCUT2D eigenvalue weighted by Gasteiger charge is 2.19. The van der Waals surface area contributed by atoms with Crippen LogP contribution in [0.1, 0.15) is 9.67 Å². The minimum absolute atomic E-state index is 0.00795. The molecule has 0 radical (unpaired) electrons. The number of carbonyl (C=O) groups excluding carboxylic acids is 2. The van der Waals surface area contributed by atoms with Gasteiger partial charge in [-0.05, 0) is 28.1 Å². The third-order valence-corrected chi connectivity index (χ3v) is 4.00. The molecule has 1 saturated heterocycles. The molecule has 0 aromatic carbocycles. The van der Waals surface area contributed by atoms with Gasteiger partial charge in [0.2, 0.25) is 5.91 Å². The molecular weight excluding hydrogens is 292 g/mol. The molecule has 6 heteroatoms. The van der Waals surface area contributed by atoms with Crippen LogP contribution in [0.3, 0.4) is 0 Å². The molecule has 1 N–H and O–H groups in total. The Morgan fingerprint density at radius 2 is 2.38 bits per heavy atom. The fourth-order valence-electron chi connectivity index (χ4n) is 1.57. The maximum Gasteiger partial charge on any atom is 0.234 e. The predicted molar refractivity (Wildman–Crippen MR) is 65.8 cm³/mol. The largest absolute Gasteiger partial charge is 0.354 e. The zero-order valence-corrected chi connectivity index (χ0v) is 10.9. The van der Waals surface area contributed by atoms with Gasteiger partial charge in [-0.2, -0.15) is 0 Å². The van der Waals surface area contributed by atoms with E-state index in [4.69, 9.17) is 0 Å². The van der Waals surface area contributed by atoms with Crippen molar-refractivity contribution in [3.63, 3.8) is 0 Å². The maximum absolute atomic E-state index is 11.8. The second-order valence-corrected chi connectivity index (χ2v) is 6.05. The Kier molecular flexibility index (Phi) is 3.73. The zero-order chi connectivity index (χ0) is 11.5. The van der Waals surface area contributed by atoms with Crippen molar-refractivity contribution < 1.29 is 9.59 Å². The van der Waals surface area contributed by atoms with Crippen LogP contribution in [0.15, 0.2) is 15.9 Å². The molecule has 16 heavy (non-hydrogen) atoms. The van der Waals surface area contributed by atoms with E-state index in [-0.39, 0.29) is 11.7 Å². The number of halogens is 1. The molecule has 1 amide bonds. The summed E-state index contributed by atoms with van der Waals surface area (Å²) in [4.78, 5) is 25.6. The number of thiophene rings is 1. The van der Waals surface area contributed by atoms with E-state index in [9.17, 15) is 9.59 Å². The average Bonchev–Trinajstić information content (AvgIpc) is 2.65. The molecule has 1 aliphatic heterocycles. The van der Waals surface area contributed by atoms with Gasteiger partial charge in [-0.25, -0.2) is 0 Å². The van der Waals surface area contributed by atoms with E-state index in [0.717, 1.165) is 15.2 Å². The Morgan fingerprint density at radius 3 is 3.00 bits per heavy atom. The molecule has 0 unspecified atom stereocenters. The number of nitrogens with one attached hydrogen (secondary N) is 1. The molecule has 2 rings (SSSR count). The van der Waals surface area contributed by atoms with Crippen LogP contribution in [-0.4, -0.2) is 42.8 Å². The molecule has 0 bridgehead atoms. The fraction of sp³-hybridized carbons (Fsp3) is 0.400. The minimum Gasteiger partial charge on any atom is -0.354 e. The lowest BCUT2D eigenvalue weighted by molar-refractivity contribution is -0.123. The van der Waals surface area contributed by atoms with Crippen molar-refractivity contribution >= 4 is 39.0 Å². The second kappa shape index (κ2) is 5.07. The predicted octanol–water partition coefficient (Wildman–Crippen LogP) is 1.13. The van der Waals surface area contributed by atoms with Crippen LogP contribution < -0.4 is 5.32 Å². The molecule has 0 atom stereocenters. The summed E-state index contributed by atoms with van der Waals surface area (Å²) in [5, 5.41) is 2.73. The first-order valence-corrected chi connectivity index (χ1v) is 6.54. The van der Waals surface area contributed by atoms with Crippen LogP contribution in [0.5, 0.6) is 0 Å². The Morgan fingerprint density at radius 1 is 1.56 bits per heavy atom. The highest BCUT2D eigenvalue weighted by atomic mass is 79.9. The monoisotopic (exact) mass is 302 g/mol. The summed E-state index contributed by atoms with van der Waals surface area (Å²) in [6.07, 6.45) is 0. The Hall–Kier alpha value is -0.720. The molecule has 86 valence electrons. The average molecular weight is 303 g/mol. The van der Waals surface area contributed by atoms with Crippen molar-refractivity contribution in [2.24, 2.45) is 0 Å². The molecule has 1 fully saturated rings. The molecule has 1 aromatic heterocycles. The summed E-state index contributed by atoms with van der Waals surface area (Å²) in [7, 11) is 0. The van der Waals surface area contributed by atoms with Crippen LogP contribution in [-0.2, 0) is 4.79 Å². The van der Waals surface area contributed by atoms with Crippen LogP contribution >= 0.6 is 27.3 Å². The number of amides is 1. The lowest BCUT2D eigenvalue weighted by Gasteiger charge is -2.25. The number of ketones is 1. The third kappa shape index (κ3) is 2.90. The summed E-state index contributed by atoms with van der Waals surface area (Å²) in [5.74, 6) is 0.0665. The number of hydrogen-bond acceptors (Lipinski definition) is 4. The smallest absolute Gasteiger partial charge is 0.234 e. The first kappa shape index (κ1) is 11.8. The van der Waals surface area contributed by atoms with E-state index in [2.05, 4.69) is 21.2 Å². The van der Waals surface area contributed by atoms with Crippen molar-refractivity contribution in [2.45, 2.75) is 0 Å². The Bertz CT molecular complexity index is 419. The van der Waals surface area contributed by atoms with Crippen molar-refractivity contribution in [2.75, 3.05) is 26.2 Å². The maximum atomic E-state index is 11.8. The lowest BCUT2D eigenvalue weighted by Crippen LogP contribution is -2.49. The molecule has 1 aliphatic rings. The van der Waals surface area contributed by atoms with E-state index in [0.29, 0.717) is 19.6 Å². The van der Waals surface area contributed by atoms with Gasteiger partial charge in [0.25, 0.3) is 0 Å². The number of Topliss-reactive ketones (excluding diaryl/α,β-unsaturated/α-hetero) is 1. The number of piperazine rings is 1. The molecule has 1 aromatic rings. The highest BCUT2D eigenvalue weighted by Crippen LogP contribution is 2.22. The van der Waals surface area contributed by atoms with Gasteiger partial charge >= 0.3 is 0 Å². The standard InChI is InChI=1S/C10H11BrN2O2S/c11-9-2-1-8(16-9)7(14)5-13-4-3-12-10(15)6-13/h1-2H,3-6H2,(H,12,15). The Balaban J connectivity index is 1.94. The first-order chi connectivity index (χ1) is 7.65. The summed E-state index contributed by atoms with van der Waals surface area (Å²) >= 11 is 4.75. The first-order valence-electron chi connectivity index (χ1n) is 4.93. The van der Waals surface area contributed by atoms with Gasteiger partial charge in [-0.1, -0.05) is 0 Å². The normalized spacial score (nSPS) is 17.2. The Labute approximate surface area is 106 Å². The summed E-state index contributed by atoms with van der Waals surface area (Å²) in [6, 6.07) is 3.67. The molecule has 4 nitrogen and oxygen atoms in total. The third-order valence-electron chi connectivity index (χ3n) is 2.33. The van der Waals surface area contributed by atoms with Crippen molar-refractivity contribution in [3.8, 4) is 0 Å². The molecular formula is C10H11BrN2O2S. The highest BCUT2D eigenvalue weighted by molar-refractivity contribution is 9.11. The van der Waals surface area contributed by atoms with Gasteiger partial charge in [0.05, 0.1) is 21.8 Å². The number of nitrogens with zero attached hydrogens (tertiary/aromatic N) is 1. The minimum atomic E-state index is -0.00795. The van der Waals surface area contributed by atoms with E-state index >= 15 is 0 Å². The van der Waals surface area contributed by atoms with Gasteiger partial charge in [-0.3, -0.25) is 14.5 Å². The fourth-order valence-corrected chi connectivity index (χ4v) is 2.89. The van der Waals surface area contributed by atoms with Crippen molar-refractivity contribution in [3.05, 3.63) is 20.8 Å². The van der Waals surface area contributed by atoms with Crippen LogP contribution in [0.25, 0.3) is 0 Å².